The number of pyridine rings is 1. The smallest absolute Gasteiger partial charge is 0.272 e. The van der Waals surface area contributed by atoms with Crippen LogP contribution in [0.4, 0.5) is 0 Å². The molecule has 1 aliphatic rings. The van der Waals surface area contributed by atoms with Gasteiger partial charge in [-0.3, -0.25) is 14.3 Å². The maximum Gasteiger partial charge on any atom is 0.272 e. The third-order valence-corrected chi connectivity index (χ3v) is 5.40. The number of thioether (sulfide) groups is 1. The Morgan fingerprint density at radius 2 is 2.12 bits per heavy atom. The number of hydrogen-bond acceptors (Lipinski definition) is 6. The second-order valence-electron chi connectivity index (χ2n) is 7.59. The number of nitriles is 1. The SMILES string of the molecule is CC(C)(C)c1ccc(-c2nc3n(c(=O)c2C#N)C[C@@](C)(O)CS3)cn1. The van der Waals surface area contributed by atoms with Gasteiger partial charge in [-0.25, -0.2) is 4.98 Å². The summed E-state index contributed by atoms with van der Waals surface area (Å²) in [6, 6.07) is 5.71. The van der Waals surface area contributed by atoms with Crippen molar-refractivity contribution >= 4 is 11.8 Å². The van der Waals surface area contributed by atoms with Crippen LogP contribution in [0.15, 0.2) is 28.3 Å². The third kappa shape index (κ3) is 3.32. The summed E-state index contributed by atoms with van der Waals surface area (Å²) >= 11 is 1.32. The van der Waals surface area contributed by atoms with Gasteiger partial charge < -0.3 is 5.11 Å². The molecule has 6 nitrogen and oxygen atoms in total. The van der Waals surface area contributed by atoms with E-state index in [9.17, 15) is 15.2 Å². The molecule has 0 saturated carbocycles. The quantitative estimate of drug-likeness (QED) is 0.789. The van der Waals surface area contributed by atoms with Crippen molar-refractivity contribution in [2.75, 3.05) is 5.75 Å². The Morgan fingerprint density at radius 1 is 1.40 bits per heavy atom. The molecule has 0 spiro atoms. The highest BCUT2D eigenvalue weighted by molar-refractivity contribution is 7.99. The van der Waals surface area contributed by atoms with Gasteiger partial charge >= 0.3 is 0 Å². The van der Waals surface area contributed by atoms with Crippen molar-refractivity contribution in [2.45, 2.75) is 50.4 Å². The third-order valence-electron chi connectivity index (χ3n) is 4.06. The first-order valence-corrected chi connectivity index (χ1v) is 8.98. The van der Waals surface area contributed by atoms with Crippen LogP contribution in [0, 0.1) is 11.3 Å². The Morgan fingerprint density at radius 3 is 2.68 bits per heavy atom. The van der Waals surface area contributed by atoms with Gasteiger partial charge in [-0.15, -0.1) is 0 Å². The fraction of sp³-hybridized carbons (Fsp3) is 0.444. The molecule has 0 unspecified atom stereocenters. The van der Waals surface area contributed by atoms with Gasteiger partial charge in [-0.05, 0) is 19.1 Å². The second kappa shape index (κ2) is 5.97. The molecule has 0 aromatic carbocycles. The number of hydrogen-bond donors (Lipinski definition) is 1. The van der Waals surface area contributed by atoms with E-state index in [2.05, 4.69) is 30.7 Å². The van der Waals surface area contributed by atoms with Crippen LogP contribution >= 0.6 is 11.8 Å². The van der Waals surface area contributed by atoms with Gasteiger partial charge in [0.25, 0.3) is 5.56 Å². The summed E-state index contributed by atoms with van der Waals surface area (Å²) in [7, 11) is 0. The summed E-state index contributed by atoms with van der Waals surface area (Å²) in [6.45, 7) is 8.02. The summed E-state index contributed by atoms with van der Waals surface area (Å²) in [5, 5.41) is 20.2. The first-order valence-electron chi connectivity index (χ1n) is 7.99. The van der Waals surface area contributed by atoms with E-state index in [0.29, 0.717) is 22.2 Å². The highest BCUT2D eigenvalue weighted by Gasteiger charge is 2.31. The van der Waals surface area contributed by atoms with E-state index in [1.165, 1.54) is 16.3 Å². The molecule has 0 bridgehead atoms. The Hall–Kier alpha value is -2.17. The summed E-state index contributed by atoms with van der Waals surface area (Å²) in [4.78, 5) is 21.7. The van der Waals surface area contributed by atoms with Gasteiger partial charge in [0, 0.05) is 28.6 Å². The maximum atomic E-state index is 12.7. The van der Waals surface area contributed by atoms with Crippen LogP contribution < -0.4 is 5.56 Å². The molecule has 1 N–H and O–H groups in total. The molecule has 3 rings (SSSR count). The lowest BCUT2D eigenvalue weighted by Gasteiger charge is -2.30. The zero-order valence-electron chi connectivity index (χ0n) is 14.7. The molecule has 1 atom stereocenters. The van der Waals surface area contributed by atoms with Gasteiger partial charge in [0.2, 0.25) is 0 Å². The summed E-state index contributed by atoms with van der Waals surface area (Å²) < 4.78 is 1.38. The zero-order valence-corrected chi connectivity index (χ0v) is 15.5. The molecule has 130 valence electrons. The van der Waals surface area contributed by atoms with Crippen molar-refractivity contribution in [3.63, 3.8) is 0 Å². The molecule has 2 aromatic heterocycles. The van der Waals surface area contributed by atoms with Crippen molar-refractivity contribution in [3.05, 3.63) is 39.9 Å². The van der Waals surface area contributed by atoms with Crippen LogP contribution in [-0.2, 0) is 12.0 Å². The van der Waals surface area contributed by atoms with Crippen LogP contribution in [0.25, 0.3) is 11.3 Å². The summed E-state index contributed by atoms with van der Waals surface area (Å²) in [5.74, 6) is 0.450. The van der Waals surface area contributed by atoms with Crippen LogP contribution in [0.1, 0.15) is 39.0 Å². The lowest BCUT2D eigenvalue weighted by molar-refractivity contribution is 0.0580. The summed E-state index contributed by atoms with van der Waals surface area (Å²) in [6.07, 6.45) is 1.66. The monoisotopic (exact) mass is 356 g/mol. The number of aliphatic hydroxyl groups is 1. The van der Waals surface area contributed by atoms with E-state index in [4.69, 9.17) is 0 Å². The van der Waals surface area contributed by atoms with Gasteiger partial charge in [-0.1, -0.05) is 32.5 Å². The van der Waals surface area contributed by atoms with Gasteiger partial charge in [0.05, 0.1) is 17.8 Å². The van der Waals surface area contributed by atoms with E-state index in [1.807, 2.05) is 18.2 Å². The molecule has 2 aromatic rings. The first kappa shape index (κ1) is 17.6. The fourth-order valence-electron chi connectivity index (χ4n) is 2.68. The molecule has 0 aliphatic carbocycles. The molecule has 7 heteroatoms. The average Bonchev–Trinajstić information content (AvgIpc) is 2.54. The second-order valence-corrected chi connectivity index (χ2v) is 8.53. The minimum atomic E-state index is -0.993. The van der Waals surface area contributed by atoms with Crippen molar-refractivity contribution in [2.24, 2.45) is 0 Å². The van der Waals surface area contributed by atoms with Crippen molar-refractivity contribution in [1.29, 1.82) is 5.26 Å². The minimum Gasteiger partial charge on any atom is -0.387 e. The van der Waals surface area contributed by atoms with Crippen LogP contribution in [-0.4, -0.2) is 31.0 Å². The zero-order chi connectivity index (χ0) is 18.4. The average molecular weight is 356 g/mol. The van der Waals surface area contributed by atoms with Gasteiger partial charge in [-0.2, -0.15) is 5.26 Å². The van der Waals surface area contributed by atoms with Crippen molar-refractivity contribution in [3.8, 4) is 17.3 Å². The normalized spacial score (nSPS) is 20.0. The predicted molar refractivity (Wildman–Crippen MR) is 96.5 cm³/mol. The molecule has 25 heavy (non-hydrogen) atoms. The molecular formula is C18H20N4O2S. The molecule has 1 aliphatic heterocycles. The summed E-state index contributed by atoms with van der Waals surface area (Å²) in [5.41, 5.74) is 0.398. The topological polar surface area (TPSA) is 91.8 Å². The van der Waals surface area contributed by atoms with Crippen LogP contribution in [0.2, 0.25) is 0 Å². The number of aromatic nitrogens is 3. The van der Waals surface area contributed by atoms with Gasteiger partial charge in [0.1, 0.15) is 11.6 Å². The maximum absolute atomic E-state index is 12.7. The van der Waals surface area contributed by atoms with Crippen LogP contribution in [0.5, 0.6) is 0 Å². The standard InChI is InChI=1S/C18H20N4O2S/c1-17(2,3)13-6-5-11(8-20-13)14-12(7-19)15(23)22-9-18(4,24)10-25-16(22)21-14/h5-6,8,24H,9-10H2,1-4H3/t18-/m1/s1. The molecular weight excluding hydrogens is 336 g/mol. The largest absolute Gasteiger partial charge is 0.387 e. The van der Waals surface area contributed by atoms with Crippen molar-refractivity contribution in [1.82, 2.24) is 14.5 Å². The van der Waals surface area contributed by atoms with Crippen molar-refractivity contribution < 1.29 is 5.11 Å². The number of fused-ring (bicyclic) bond motifs is 1. The van der Waals surface area contributed by atoms with Crippen LogP contribution in [0.3, 0.4) is 0 Å². The number of rotatable bonds is 1. The van der Waals surface area contributed by atoms with Gasteiger partial charge in [0.15, 0.2) is 5.16 Å². The molecule has 0 fully saturated rings. The van der Waals surface area contributed by atoms with E-state index in [1.54, 1.807) is 13.1 Å². The molecule has 0 saturated heterocycles. The lowest BCUT2D eigenvalue weighted by atomic mass is 9.91. The Balaban J connectivity index is 2.14. The highest BCUT2D eigenvalue weighted by atomic mass is 32.2. The van der Waals surface area contributed by atoms with E-state index in [0.717, 1.165) is 5.69 Å². The van der Waals surface area contributed by atoms with E-state index >= 15 is 0 Å². The molecule has 0 radical (unpaired) electrons. The van der Waals surface area contributed by atoms with E-state index in [-0.39, 0.29) is 17.5 Å². The fourth-order valence-corrected chi connectivity index (χ4v) is 3.67. The lowest BCUT2D eigenvalue weighted by Crippen LogP contribution is -2.42. The predicted octanol–water partition coefficient (Wildman–Crippen LogP) is 2.33. The molecule has 3 heterocycles. The Bertz CT molecular complexity index is 918. The highest BCUT2D eigenvalue weighted by Crippen LogP contribution is 2.30. The first-order chi connectivity index (χ1) is 11.6. The number of nitrogens with zero attached hydrogens (tertiary/aromatic N) is 4. The molecule has 0 amide bonds. The minimum absolute atomic E-state index is 0.0210. The van der Waals surface area contributed by atoms with E-state index < -0.39 is 11.2 Å². The Labute approximate surface area is 150 Å². The Kier molecular flexibility index (Phi) is 4.21.